The minimum Gasteiger partial charge on any atom is -0.349 e. The van der Waals surface area contributed by atoms with Gasteiger partial charge in [0.15, 0.2) is 0 Å². The monoisotopic (exact) mass is 329 g/mol. The highest BCUT2D eigenvalue weighted by Gasteiger charge is 2.35. The van der Waals surface area contributed by atoms with Gasteiger partial charge in [-0.25, -0.2) is 4.79 Å². The first kappa shape index (κ1) is 16.8. The van der Waals surface area contributed by atoms with E-state index in [2.05, 4.69) is 17.4 Å². The molecule has 0 radical (unpaired) electrons. The molecule has 2 fully saturated rings. The molecule has 0 unspecified atom stereocenters. The van der Waals surface area contributed by atoms with Crippen molar-refractivity contribution in [2.45, 2.75) is 31.7 Å². The van der Waals surface area contributed by atoms with E-state index in [1.807, 2.05) is 23.1 Å². The maximum Gasteiger partial charge on any atom is 0.319 e. The highest BCUT2D eigenvalue weighted by molar-refractivity contribution is 5.80. The van der Waals surface area contributed by atoms with Crippen molar-refractivity contribution in [1.29, 1.82) is 0 Å². The third-order valence-corrected chi connectivity index (χ3v) is 5.07. The van der Waals surface area contributed by atoms with Crippen LogP contribution < -0.4 is 5.32 Å². The van der Waals surface area contributed by atoms with Gasteiger partial charge >= 0.3 is 6.03 Å². The number of piperidine rings is 1. The number of urea groups is 1. The molecular weight excluding hydrogens is 302 g/mol. The molecule has 3 amide bonds. The number of benzene rings is 1. The van der Waals surface area contributed by atoms with Crippen LogP contribution in [0.15, 0.2) is 30.3 Å². The summed E-state index contributed by atoms with van der Waals surface area (Å²) in [5.74, 6) is 0.737. The molecule has 130 valence electrons. The summed E-state index contributed by atoms with van der Waals surface area (Å²) in [7, 11) is 3.53. The molecule has 0 bridgehead atoms. The van der Waals surface area contributed by atoms with Gasteiger partial charge < -0.3 is 15.1 Å². The van der Waals surface area contributed by atoms with Crippen LogP contribution in [0.1, 0.15) is 37.3 Å². The molecule has 1 aromatic carbocycles. The summed E-state index contributed by atoms with van der Waals surface area (Å²) in [5.41, 5.74) is 1.20. The lowest BCUT2D eigenvalue weighted by molar-refractivity contribution is -0.127. The third-order valence-electron chi connectivity index (χ3n) is 5.07. The quantitative estimate of drug-likeness (QED) is 0.923. The van der Waals surface area contributed by atoms with E-state index >= 15 is 0 Å². The van der Waals surface area contributed by atoms with Crippen molar-refractivity contribution in [3.8, 4) is 0 Å². The zero-order valence-electron chi connectivity index (χ0n) is 14.6. The molecule has 1 N–H and O–H groups in total. The summed E-state index contributed by atoms with van der Waals surface area (Å²) >= 11 is 0. The second-order valence-corrected chi connectivity index (χ2v) is 7.17. The number of hydrogen-bond donors (Lipinski definition) is 1. The molecule has 1 saturated heterocycles. The van der Waals surface area contributed by atoms with Crippen molar-refractivity contribution < 1.29 is 9.59 Å². The number of carbonyl (C=O) groups excluding carboxylic acids is 2. The number of rotatable bonds is 4. The lowest BCUT2D eigenvalue weighted by Gasteiger charge is -2.33. The van der Waals surface area contributed by atoms with Crippen molar-refractivity contribution in [2.75, 3.05) is 27.2 Å². The maximum atomic E-state index is 12.7. The van der Waals surface area contributed by atoms with Crippen LogP contribution in [-0.2, 0) is 4.79 Å². The fourth-order valence-corrected chi connectivity index (χ4v) is 3.45. The average molecular weight is 329 g/mol. The first-order valence-corrected chi connectivity index (χ1v) is 8.88. The Morgan fingerprint density at radius 3 is 2.25 bits per heavy atom. The molecule has 1 atom stereocenters. The van der Waals surface area contributed by atoms with Crippen LogP contribution in [0.5, 0.6) is 0 Å². The molecule has 5 nitrogen and oxygen atoms in total. The number of carbonyl (C=O) groups is 2. The van der Waals surface area contributed by atoms with Gasteiger partial charge in [0.25, 0.3) is 0 Å². The first-order valence-electron chi connectivity index (χ1n) is 8.88. The molecule has 2 aliphatic rings. The Morgan fingerprint density at radius 2 is 1.71 bits per heavy atom. The summed E-state index contributed by atoms with van der Waals surface area (Å²) in [6.07, 6.45) is 3.88. The van der Waals surface area contributed by atoms with Crippen LogP contribution in [0.25, 0.3) is 0 Å². The van der Waals surface area contributed by atoms with E-state index in [0.717, 1.165) is 12.8 Å². The predicted molar refractivity (Wildman–Crippen MR) is 93.4 cm³/mol. The normalized spacial score (nSPS) is 19.7. The van der Waals surface area contributed by atoms with E-state index in [4.69, 9.17) is 0 Å². The number of nitrogens with zero attached hydrogens (tertiary/aromatic N) is 2. The summed E-state index contributed by atoms with van der Waals surface area (Å²) in [6.45, 7) is 1.32. The molecule has 0 aromatic heterocycles. The summed E-state index contributed by atoms with van der Waals surface area (Å²) < 4.78 is 0. The van der Waals surface area contributed by atoms with Gasteiger partial charge in [-0.1, -0.05) is 30.3 Å². The summed E-state index contributed by atoms with van der Waals surface area (Å²) in [5, 5.41) is 3.28. The third kappa shape index (κ3) is 3.89. The molecule has 0 spiro atoms. The Hall–Kier alpha value is -2.04. The number of likely N-dealkylation sites (tertiary alicyclic amines) is 1. The van der Waals surface area contributed by atoms with Crippen molar-refractivity contribution >= 4 is 11.9 Å². The van der Waals surface area contributed by atoms with Crippen molar-refractivity contribution in [1.82, 2.24) is 15.1 Å². The van der Waals surface area contributed by atoms with Gasteiger partial charge in [-0.2, -0.15) is 0 Å². The Labute approximate surface area is 144 Å². The molecule has 24 heavy (non-hydrogen) atoms. The molecular formula is C19H27N3O2. The van der Waals surface area contributed by atoms with Crippen LogP contribution in [0.2, 0.25) is 0 Å². The first-order chi connectivity index (χ1) is 11.6. The molecule has 3 rings (SSSR count). The molecule has 1 aromatic rings. The van der Waals surface area contributed by atoms with Gasteiger partial charge in [0.05, 0.1) is 6.04 Å². The molecule has 1 heterocycles. The summed E-state index contributed by atoms with van der Waals surface area (Å²) in [6, 6.07) is 10.4. The largest absolute Gasteiger partial charge is 0.349 e. The van der Waals surface area contributed by atoms with E-state index in [-0.39, 0.29) is 23.9 Å². The average Bonchev–Trinajstić information content (AvgIpc) is 3.44. The van der Waals surface area contributed by atoms with E-state index in [1.54, 1.807) is 19.0 Å². The lowest BCUT2D eigenvalue weighted by Crippen LogP contribution is -2.47. The number of amides is 3. The van der Waals surface area contributed by atoms with Gasteiger partial charge in [0.1, 0.15) is 0 Å². The summed E-state index contributed by atoms with van der Waals surface area (Å²) in [4.78, 5) is 28.1. The van der Waals surface area contributed by atoms with E-state index in [9.17, 15) is 9.59 Å². The molecule has 1 saturated carbocycles. The fraction of sp³-hybridized carbons (Fsp3) is 0.579. The van der Waals surface area contributed by atoms with Crippen molar-refractivity contribution in [3.63, 3.8) is 0 Å². The van der Waals surface area contributed by atoms with Crippen LogP contribution >= 0.6 is 0 Å². The fourth-order valence-electron chi connectivity index (χ4n) is 3.45. The standard InChI is InChI=1S/C19H27N3O2/c1-21(2)19(24)22-12-10-16(11-13-22)18(23)20-17(15-8-9-15)14-6-4-3-5-7-14/h3-7,15-17H,8-13H2,1-2H3,(H,20,23)/t17-/m1/s1. The van der Waals surface area contributed by atoms with Gasteiger partial charge in [0, 0.05) is 33.1 Å². The zero-order valence-corrected chi connectivity index (χ0v) is 14.6. The van der Waals surface area contributed by atoms with Gasteiger partial charge in [0.2, 0.25) is 5.91 Å². The van der Waals surface area contributed by atoms with Crippen molar-refractivity contribution in [3.05, 3.63) is 35.9 Å². The molecule has 5 heteroatoms. The van der Waals surface area contributed by atoms with Crippen LogP contribution in [0.4, 0.5) is 4.79 Å². The lowest BCUT2D eigenvalue weighted by atomic mass is 9.94. The SMILES string of the molecule is CN(C)C(=O)N1CCC(C(=O)N[C@H](c2ccccc2)C2CC2)CC1. The Bertz CT molecular complexity index is 576. The Kier molecular flexibility index (Phi) is 5.07. The van der Waals surface area contributed by atoms with Gasteiger partial charge in [-0.15, -0.1) is 0 Å². The smallest absolute Gasteiger partial charge is 0.319 e. The van der Waals surface area contributed by atoms with E-state index < -0.39 is 0 Å². The molecule has 1 aliphatic heterocycles. The van der Waals surface area contributed by atoms with Crippen molar-refractivity contribution in [2.24, 2.45) is 11.8 Å². The Morgan fingerprint density at radius 1 is 1.08 bits per heavy atom. The number of nitrogens with one attached hydrogen (secondary N) is 1. The minimum absolute atomic E-state index is 0.0150. The maximum absolute atomic E-state index is 12.7. The van der Waals surface area contributed by atoms with Gasteiger partial charge in [-0.3, -0.25) is 4.79 Å². The second kappa shape index (κ2) is 7.24. The van der Waals surface area contributed by atoms with Gasteiger partial charge in [-0.05, 0) is 37.2 Å². The predicted octanol–water partition coefficient (Wildman–Crippen LogP) is 2.65. The zero-order chi connectivity index (χ0) is 17.1. The highest BCUT2D eigenvalue weighted by atomic mass is 16.2. The van der Waals surface area contributed by atoms with Crippen LogP contribution in [0.3, 0.4) is 0 Å². The van der Waals surface area contributed by atoms with E-state index in [0.29, 0.717) is 19.0 Å². The second-order valence-electron chi connectivity index (χ2n) is 7.17. The van der Waals surface area contributed by atoms with Crippen LogP contribution in [0, 0.1) is 11.8 Å². The Balaban J connectivity index is 1.56. The topological polar surface area (TPSA) is 52.7 Å². The molecule has 1 aliphatic carbocycles. The minimum atomic E-state index is 0.0150. The van der Waals surface area contributed by atoms with Crippen LogP contribution in [-0.4, -0.2) is 48.9 Å². The van der Waals surface area contributed by atoms with E-state index in [1.165, 1.54) is 18.4 Å². The highest BCUT2D eigenvalue weighted by Crippen LogP contribution is 2.41. The number of hydrogen-bond acceptors (Lipinski definition) is 2.